The molecule has 0 bridgehead atoms. The number of anilines is 2. The van der Waals surface area contributed by atoms with Gasteiger partial charge < -0.3 is 15.1 Å². The predicted octanol–water partition coefficient (Wildman–Crippen LogP) is 3.67. The Hall–Kier alpha value is -4.28. The van der Waals surface area contributed by atoms with Gasteiger partial charge in [0.05, 0.1) is 16.7 Å². The number of aryl methyl sites for hydroxylation is 1. The maximum atomic E-state index is 13.9. The highest BCUT2D eigenvalue weighted by Gasteiger charge is 2.39. The predicted molar refractivity (Wildman–Crippen MR) is 212 cm³/mol. The molecule has 4 aliphatic heterocycles. The van der Waals surface area contributed by atoms with Gasteiger partial charge in [-0.3, -0.25) is 29.1 Å². The van der Waals surface area contributed by atoms with Crippen molar-refractivity contribution in [2.24, 2.45) is 0 Å². The van der Waals surface area contributed by atoms with Gasteiger partial charge in [-0.25, -0.2) is 22.7 Å². The molecule has 3 aromatic heterocycles. The van der Waals surface area contributed by atoms with Crippen molar-refractivity contribution in [1.82, 2.24) is 34.0 Å². The second kappa shape index (κ2) is 15.9. The van der Waals surface area contributed by atoms with Crippen LogP contribution in [0.25, 0.3) is 11.0 Å². The number of aromatic nitrogens is 4. The lowest BCUT2D eigenvalue weighted by atomic mass is 9.91. The molecular weight excluding hydrogens is 735 g/mol. The highest BCUT2D eigenvalue weighted by molar-refractivity contribution is 7.89. The molecule has 0 radical (unpaired) electrons. The first-order valence-corrected chi connectivity index (χ1v) is 21.9. The summed E-state index contributed by atoms with van der Waals surface area (Å²) in [5.41, 5.74) is 1.92. The van der Waals surface area contributed by atoms with Crippen LogP contribution in [-0.4, -0.2) is 111 Å². The first-order chi connectivity index (χ1) is 27.0. The van der Waals surface area contributed by atoms with Crippen LogP contribution in [0.5, 0.6) is 0 Å². The summed E-state index contributed by atoms with van der Waals surface area (Å²) in [7, 11) is -3.44. The van der Waals surface area contributed by atoms with E-state index < -0.39 is 10.0 Å². The molecule has 1 aliphatic carbocycles. The third-order valence-corrected chi connectivity index (χ3v) is 15.4. The number of hydrogen-bond donors (Lipinski definition) is 2. The van der Waals surface area contributed by atoms with E-state index in [1.165, 1.54) is 6.92 Å². The van der Waals surface area contributed by atoms with E-state index in [1.54, 1.807) is 28.2 Å². The van der Waals surface area contributed by atoms with E-state index in [0.717, 1.165) is 76.1 Å². The van der Waals surface area contributed by atoms with E-state index in [4.69, 9.17) is 4.98 Å². The normalized spacial score (nSPS) is 23.2. The molecular formula is C40H53N9O6S. The number of piperidine rings is 4. The first-order valence-electron chi connectivity index (χ1n) is 20.4. The molecule has 300 valence electrons. The molecule has 16 heteroatoms. The Kier molecular flexibility index (Phi) is 11.0. The molecule has 15 nitrogen and oxygen atoms in total. The Balaban J connectivity index is 0.823. The molecule has 0 spiro atoms. The van der Waals surface area contributed by atoms with Crippen LogP contribution in [0.4, 0.5) is 11.8 Å². The maximum Gasteiger partial charge on any atom is 0.263 e. The van der Waals surface area contributed by atoms with Crippen molar-refractivity contribution >= 4 is 50.4 Å². The summed E-state index contributed by atoms with van der Waals surface area (Å²) < 4.78 is 31.1. The Bertz CT molecular complexity index is 2150. The smallest absolute Gasteiger partial charge is 0.263 e. The third kappa shape index (κ3) is 7.59. The Morgan fingerprint density at radius 2 is 1.55 bits per heavy atom. The number of ketones is 1. The van der Waals surface area contributed by atoms with Crippen LogP contribution in [0.3, 0.4) is 0 Å². The quantitative estimate of drug-likeness (QED) is 0.238. The zero-order valence-electron chi connectivity index (χ0n) is 32.4. The number of fused-ring (bicyclic) bond motifs is 1. The summed E-state index contributed by atoms with van der Waals surface area (Å²) in [4.78, 5) is 68.7. The number of likely N-dealkylation sites (tertiary alicyclic amines) is 1. The molecule has 3 aromatic rings. The second-order valence-electron chi connectivity index (χ2n) is 16.4. The monoisotopic (exact) mass is 787 g/mol. The molecule has 1 unspecified atom stereocenters. The summed E-state index contributed by atoms with van der Waals surface area (Å²) >= 11 is 0. The number of pyridine rings is 2. The van der Waals surface area contributed by atoms with Crippen LogP contribution in [-0.2, 0) is 19.6 Å². The van der Waals surface area contributed by atoms with Crippen molar-refractivity contribution in [2.75, 3.05) is 49.5 Å². The minimum absolute atomic E-state index is 0.00214. The molecule has 1 atom stereocenters. The average Bonchev–Trinajstić information content (AvgIpc) is 3.73. The highest BCUT2D eigenvalue weighted by Crippen LogP contribution is 2.33. The fourth-order valence-corrected chi connectivity index (χ4v) is 11.7. The highest BCUT2D eigenvalue weighted by atomic mass is 32.2. The third-order valence-electron chi connectivity index (χ3n) is 13.0. The topological polar surface area (TPSA) is 180 Å². The van der Waals surface area contributed by atoms with Crippen molar-refractivity contribution in [3.8, 4) is 0 Å². The van der Waals surface area contributed by atoms with Gasteiger partial charge in [-0.1, -0.05) is 18.9 Å². The van der Waals surface area contributed by atoms with Gasteiger partial charge in [0.25, 0.3) is 5.56 Å². The van der Waals surface area contributed by atoms with Gasteiger partial charge in [-0.05, 0) is 102 Å². The standard InChI is InChI=1S/C40H53N9O6S/c1-25-33-24-42-40(45-37(33)49(30-5-3-4-6-30)39(53)36(25)26(2)50)43-28-11-21-48(22-12-28)56(54,55)31-15-19-46(20-16-31)29-13-17-47(18-14-29)34-9-7-27(23-41-34)32-8-10-35(51)44-38(32)52/h7,9,23-24,28-32H,3-6,8,10-22H2,1-2H3,(H,42,43,45)(H,44,51,52). The SMILES string of the molecule is CC(=O)c1c(C)c2cnc(NC3CCN(S(=O)(=O)C4CCN(C5CCN(c6ccc(C7CCC(=O)NC7=O)cn6)CC5)CC4)CC3)nc2n(C2CCCC2)c1=O. The Labute approximate surface area is 327 Å². The van der Waals surface area contributed by atoms with Crippen LogP contribution in [0.1, 0.15) is 117 Å². The molecule has 2 amide bonds. The van der Waals surface area contributed by atoms with E-state index in [2.05, 4.69) is 30.4 Å². The fourth-order valence-electron chi connectivity index (χ4n) is 9.77. The number of nitrogens with zero attached hydrogens (tertiary/aromatic N) is 7. The summed E-state index contributed by atoms with van der Waals surface area (Å²) in [6, 6.07) is 4.32. The fraction of sp³-hybridized carbons (Fsp3) is 0.625. The molecule has 4 saturated heterocycles. The molecule has 1 saturated carbocycles. The lowest BCUT2D eigenvalue weighted by Crippen LogP contribution is -2.52. The molecule has 5 fully saturated rings. The zero-order chi connectivity index (χ0) is 39.1. The van der Waals surface area contributed by atoms with Crippen LogP contribution >= 0.6 is 0 Å². The van der Waals surface area contributed by atoms with Gasteiger partial charge >= 0.3 is 0 Å². The van der Waals surface area contributed by atoms with Crippen molar-refractivity contribution in [1.29, 1.82) is 0 Å². The zero-order valence-corrected chi connectivity index (χ0v) is 33.2. The maximum absolute atomic E-state index is 13.9. The van der Waals surface area contributed by atoms with Gasteiger partial charge in [0.15, 0.2) is 5.78 Å². The summed E-state index contributed by atoms with van der Waals surface area (Å²) in [6.07, 6.45) is 12.6. The van der Waals surface area contributed by atoms with E-state index in [1.807, 2.05) is 12.1 Å². The number of sulfonamides is 1. The summed E-state index contributed by atoms with van der Waals surface area (Å²) in [5.74, 6) is 0.233. The number of amides is 2. The minimum Gasteiger partial charge on any atom is -0.357 e. The van der Waals surface area contributed by atoms with Crippen LogP contribution in [0.2, 0.25) is 0 Å². The molecule has 8 rings (SSSR count). The first kappa shape index (κ1) is 38.6. The second-order valence-corrected chi connectivity index (χ2v) is 18.6. The van der Waals surface area contributed by atoms with Gasteiger partial charge in [0, 0.05) is 68.5 Å². The number of Topliss-reactive ketones (excluding diaryl/α,β-unsaturated/α-hetero) is 1. The number of carbonyl (C=O) groups is 3. The number of hydrogen-bond acceptors (Lipinski definition) is 12. The number of rotatable bonds is 9. The van der Waals surface area contributed by atoms with Crippen molar-refractivity contribution in [2.45, 2.75) is 120 Å². The number of imide groups is 1. The van der Waals surface area contributed by atoms with Crippen LogP contribution < -0.4 is 21.1 Å². The van der Waals surface area contributed by atoms with Crippen molar-refractivity contribution < 1.29 is 22.8 Å². The number of nitrogens with one attached hydrogen (secondary N) is 2. The van der Waals surface area contributed by atoms with E-state index in [-0.39, 0.29) is 52.0 Å². The van der Waals surface area contributed by atoms with Crippen LogP contribution in [0, 0.1) is 6.92 Å². The molecule has 7 heterocycles. The van der Waals surface area contributed by atoms with E-state index in [9.17, 15) is 27.6 Å². The minimum atomic E-state index is -3.44. The van der Waals surface area contributed by atoms with Gasteiger partial charge in [0.2, 0.25) is 27.8 Å². The lowest BCUT2D eigenvalue weighted by molar-refractivity contribution is -0.134. The van der Waals surface area contributed by atoms with E-state index in [0.29, 0.717) is 80.2 Å². The van der Waals surface area contributed by atoms with Gasteiger partial charge in [-0.15, -0.1) is 0 Å². The molecule has 56 heavy (non-hydrogen) atoms. The Morgan fingerprint density at radius 1 is 0.839 bits per heavy atom. The largest absolute Gasteiger partial charge is 0.357 e. The van der Waals surface area contributed by atoms with Crippen LogP contribution in [0.15, 0.2) is 29.3 Å². The van der Waals surface area contributed by atoms with Crippen molar-refractivity contribution in [3.05, 3.63) is 51.6 Å². The molecule has 0 aromatic carbocycles. The van der Waals surface area contributed by atoms with E-state index >= 15 is 0 Å². The Morgan fingerprint density at radius 3 is 2.20 bits per heavy atom. The van der Waals surface area contributed by atoms with Crippen molar-refractivity contribution in [3.63, 3.8) is 0 Å². The summed E-state index contributed by atoms with van der Waals surface area (Å²) in [5, 5.41) is 6.17. The average molecular weight is 788 g/mol. The summed E-state index contributed by atoms with van der Waals surface area (Å²) in [6.45, 7) is 7.35. The molecule has 5 aliphatic rings. The van der Waals surface area contributed by atoms with Gasteiger partial charge in [-0.2, -0.15) is 4.98 Å². The number of carbonyl (C=O) groups excluding carboxylic acids is 3. The molecule has 2 N–H and O–H groups in total. The van der Waals surface area contributed by atoms with Gasteiger partial charge in [0.1, 0.15) is 11.5 Å². The lowest BCUT2D eigenvalue weighted by Gasteiger charge is -2.43.